The molecule has 0 heterocycles. The Morgan fingerprint density at radius 2 is 1.57 bits per heavy atom. The number of hydrogen-bond acceptors (Lipinski definition) is 2. The lowest BCUT2D eigenvalue weighted by atomic mass is 10.3. The van der Waals surface area contributed by atoms with Crippen LogP contribution in [0.3, 0.4) is 0 Å². The number of para-hydroxylation sites is 1. The van der Waals surface area contributed by atoms with Crippen LogP contribution in [0, 0.1) is 0 Å². The van der Waals surface area contributed by atoms with Crippen molar-refractivity contribution in [2.75, 3.05) is 10.6 Å². The predicted octanol–water partition coefficient (Wildman–Crippen LogP) is 5.38. The maximum absolute atomic E-state index is 12.1. The average Bonchev–Trinajstić information content (AvgIpc) is 2.49. The van der Waals surface area contributed by atoms with Gasteiger partial charge in [-0.25, -0.2) is 4.79 Å². The highest BCUT2D eigenvalue weighted by Crippen LogP contribution is 2.31. The summed E-state index contributed by atoms with van der Waals surface area (Å²) < 4.78 is -0.815. The fourth-order valence-corrected chi connectivity index (χ4v) is 2.32. The van der Waals surface area contributed by atoms with Gasteiger partial charge < -0.3 is 16.0 Å². The van der Waals surface area contributed by atoms with Crippen LogP contribution in [0.5, 0.6) is 0 Å². The molecule has 1 atom stereocenters. The van der Waals surface area contributed by atoms with Crippen molar-refractivity contribution in [3.63, 3.8) is 0 Å². The molecular formula is C15H13BrCl3N3O. The quantitative estimate of drug-likeness (QED) is 0.444. The Morgan fingerprint density at radius 1 is 0.957 bits per heavy atom. The van der Waals surface area contributed by atoms with Crippen LogP contribution in [0.2, 0.25) is 0 Å². The van der Waals surface area contributed by atoms with Gasteiger partial charge in [-0.15, -0.1) is 0 Å². The number of rotatable bonds is 4. The topological polar surface area (TPSA) is 53.2 Å². The number of alkyl halides is 3. The van der Waals surface area contributed by atoms with Crippen LogP contribution in [0.15, 0.2) is 59.1 Å². The van der Waals surface area contributed by atoms with Crippen LogP contribution < -0.4 is 16.0 Å². The third-order valence-corrected chi connectivity index (χ3v) is 3.97. The fraction of sp³-hybridized carbons (Fsp3) is 0.133. The number of carbonyl (C=O) groups excluding carboxylic acids is 1. The first-order valence-electron chi connectivity index (χ1n) is 6.56. The number of anilines is 2. The summed E-state index contributed by atoms with van der Waals surface area (Å²) in [6.07, 6.45) is -0.919. The zero-order valence-corrected chi connectivity index (χ0v) is 15.5. The molecule has 4 nitrogen and oxygen atoms in total. The maximum atomic E-state index is 12.1. The highest BCUT2D eigenvalue weighted by Gasteiger charge is 2.34. The van der Waals surface area contributed by atoms with Gasteiger partial charge in [0.1, 0.15) is 6.17 Å². The van der Waals surface area contributed by atoms with Crippen molar-refractivity contribution >= 4 is 68.1 Å². The summed E-state index contributed by atoms with van der Waals surface area (Å²) in [5, 5.41) is 8.24. The van der Waals surface area contributed by atoms with Crippen molar-refractivity contribution in [2.45, 2.75) is 9.96 Å². The van der Waals surface area contributed by atoms with Gasteiger partial charge in [0.25, 0.3) is 0 Å². The van der Waals surface area contributed by atoms with E-state index < -0.39 is 16.0 Å². The summed E-state index contributed by atoms with van der Waals surface area (Å²) in [6.45, 7) is 0. The molecule has 0 aliphatic heterocycles. The van der Waals surface area contributed by atoms with Crippen LogP contribution in [0.1, 0.15) is 0 Å². The third kappa shape index (κ3) is 6.11. The Kier molecular flexibility index (Phi) is 6.41. The van der Waals surface area contributed by atoms with E-state index in [2.05, 4.69) is 31.9 Å². The lowest BCUT2D eigenvalue weighted by Crippen LogP contribution is -2.50. The number of halogens is 4. The summed E-state index contributed by atoms with van der Waals surface area (Å²) >= 11 is 21.2. The zero-order valence-electron chi connectivity index (χ0n) is 11.7. The van der Waals surface area contributed by atoms with Gasteiger partial charge in [-0.3, -0.25) is 0 Å². The highest BCUT2D eigenvalue weighted by molar-refractivity contribution is 9.10. The van der Waals surface area contributed by atoms with Gasteiger partial charge in [-0.05, 0) is 36.4 Å². The van der Waals surface area contributed by atoms with Crippen molar-refractivity contribution in [2.24, 2.45) is 0 Å². The third-order valence-electron chi connectivity index (χ3n) is 2.79. The minimum Gasteiger partial charge on any atom is -0.362 e. The Hall–Kier alpha value is -1.14. The molecule has 0 radical (unpaired) electrons. The second kappa shape index (κ2) is 8.11. The number of benzene rings is 2. The largest absolute Gasteiger partial charge is 0.362 e. The highest BCUT2D eigenvalue weighted by atomic mass is 79.9. The van der Waals surface area contributed by atoms with Crippen LogP contribution >= 0.6 is 50.7 Å². The lowest BCUT2D eigenvalue weighted by molar-refractivity contribution is 0.249. The van der Waals surface area contributed by atoms with Crippen molar-refractivity contribution in [1.29, 1.82) is 0 Å². The van der Waals surface area contributed by atoms with Gasteiger partial charge in [-0.1, -0.05) is 68.9 Å². The first kappa shape index (κ1) is 18.2. The molecule has 0 aliphatic rings. The zero-order chi connectivity index (χ0) is 16.9. The predicted molar refractivity (Wildman–Crippen MR) is 100 cm³/mol. The summed E-state index contributed by atoms with van der Waals surface area (Å²) in [7, 11) is 0. The van der Waals surface area contributed by atoms with Crippen LogP contribution in [-0.2, 0) is 0 Å². The first-order valence-corrected chi connectivity index (χ1v) is 8.49. The fourth-order valence-electron chi connectivity index (χ4n) is 1.73. The molecule has 1 unspecified atom stereocenters. The number of hydrogen-bond donors (Lipinski definition) is 3. The van der Waals surface area contributed by atoms with Crippen LogP contribution in [0.4, 0.5) is 16.2 Å². The monoisotopic (exact) mass is 435 g/mol. The second-order valence-electron chi connectivity index (χ2n) is 4.59. The molecule has 0 fully saturated rings. The van der Waals surface area contributed by atoms with Crippen molar-refractivity contribution in [1.82, 2.24) is 5.32 Å². The van der Waals surface area contributed by atoms with E-state index in [1.165, 1.54) is 0 Å². The number of nitrogens with one attached hydrogen (secondary N) is 3. The maximum Gasteiger partial charge on any atom is 0.320 e. The summed E-state index contributed by atoms with van der Waals surface area (Å²) in [6, 6.07) is 15.8. The van der Waals surface area contributed by atoms with Crippen LogP contribution in [0.25, 0.3) is 0 Å². The molecule has 2 rings (SSSR count). The van der Waals surface area contributed by atoms with Gasteiger partial charge in [-0.2, -0.15) is 0 Å². The Labute approximate surface area is 157 Å². The molecule has 0 spiro atoms. The smallest absolute Gasteiger partial charge is 0.320 e. The molecule has 23 heavy (non-hydrogen) atoms. The normalized spacial score (nSPS) is 12.3. The minimum atomic E-state index is -1.74. The van der Waals surface area contributed by atoms with Gasteiger partial charge in [0.05, 0.1) is 0 Å². The van der Waals surface area contributed by atoms with Gasteiger partial charge in [0.15, 0.2) is 0 Å². The Morgan fingerprint density at radius 3 is 2.13 bits per heavy atom. The molecule has 0 saturated carbocycles. The molecular weight excluding hydrogens is 424 g/mol. The minimum absolute atomic E-state index is 0.489. The van der Waals surface area contributed by atoms with E-state index in [1.807, 2.05) is 30.3 Å². The van der Waals surface area contributed by atoms with Gasteiger partial charge >= 0.3 is 6.03 Å². The number of urea groups is 1. The average molecular weight is 438 g/mol. The van der Waals surface area contributed by atoms with E-state index in [-0.39, 0.29) is 0 Å². The molecule has 0 bridgehead atoms. The van der Waals surface area contributed by atoms with E-state index in [0.29, 0.717) is 11.4 Å². The Bertz CT molecular complexity index is 647. The molecule has 2 aromatic carbocycles. The molecule has 0 saturated heterocycles. The Balaban J connectivity index is 2.04. The van der Waals surface area contributed by atoms with Gasteiger partial charge in [0.2, 0.25) is 3.79 Å². The van der Waals surface area contributed by atoms with Gasteiger partial charge in [0, 0.05) is 15.8 Å². The van der Waals surface area contributed by atoms with E-state index >= 15 is 0 Å². The van der Waals surface area contributed by atoms with E-state index in [0.717, 1.165) is 4.47 Å². The number of carbonyl (C=O) groups is 1. The SMILES string of the molecule is O=C(Nc1ccccc1)NC(Nc1ccc(Br)cc1)C(Cl)(Cl)Cl. The number of amides is 2. The van der Waals surface area contributed by atoms with E-state index in [9.17, 15) is 4.79 Å². The van der Waals surface area contributed by atoms with Crippen molar-refractivity contribution < 1.29 is 4.79 Å². The molecule has 2 aromatic rings. The summed E-state index contributed by atoms with van der Waals surface area (Å²) in [4.78, 5) is 12.1. The van der Waals surface area contributed by atoms with E-state index in [1.54, 1.807) is 24.3 Å². The van der Waals surface area contributed by atoms with Crippen LogP contribution in [-0.4, -0.2) is 16.0 Å². The van der Waals surface area contributed by atoms with E-state index in [4.69, 9.17) is 34.8 Å². The molecule has 3 N–H and O–H groups in total. The standard InChI is InChI=1S/C15H13BrCl3N3O/c16-10-6-8-12(9-7-10)20-13(15(17,18)19)22-14(23)21-11-4-2-1-3-5-11/h1-9,13,20H,(H2,21,22,23). The van der Waals surface area contributed by atoms with Crippen molar-refractivity contribution in [3.8, 4) is 0 Å². The summed E-state index contributed by atoms with van der Waals surface area (Å²) in [5.74, 6) is 0. The molecule has 122 valence electrons. The lowest BCUT2D eigenvalue weighted by Gasteiger charge is -2.27. The molecule has 8 heteroatoms. The first-order chi connectivity index (χ1) is 10.8. The second-order valence-corrected chi connectivity index (χ2v) is 7.87. The molecule has 2 amide bonds. The molecule has 0 aromatic heterocycles. The molecule has 0 aliphatic carbocycles. The van der Waals surface area contributed by atoms with Crippen molar-refractivity contribution in [3.05, 3.63) is 59.1 Å². The summed E-state index contributed by atoms with van der Waals surface area (Å²) in [5.41, 5.74) is 1.33.